The molecule has 0 saturated carbocycles. The number of esters is 2. The van der Waals surface area contributed by atoms with Crippen LogP contribution in [0.5, 0.6) is 23.0 Å². The van der Waals surface area contributed by atoms with Gasteiger partial charge < -0.3 is 28.4 Å². The number of thiazole rings is 1. The molecule has 2 heterocycles. The normalized spacial score (nSPS) is 14.5. The first-order valence-corrected chi connectivity index (χ1v) is 14.9. The second kappa shape index (κ2) is 13.9. The summed E-state index contributed by atoms with van der Waals surface area (Å²) >= 11 is 4.74. The minimum atomic E-state index is -0.875. The van der Waals surface area contributed by atoms with Crippen LogP contribution in [0.15, 0.2) is 55.9 Å². The lowest BCUT2D eigenvalue weighted by Crippen LogP contribution is -2.40. The molecule has 2 aromatic carbocycles. The molecule has 228 valence electrons. The van der Waals surface area contributed by atoms with E-state index < -0.39 is 18.0 Å². The van der Waals surface area contributed by atoms with Gasteiger partial charge in [0.1, 0.15) is 0 Å². The van der Waals surface area contributed by atoms with Gasteiger partial charge in [0.05, 0.1) is 56.4 Å². The highest BCUT2D eigenvalue weighted by Gasteiger charge is 2.34. The molecule has 4 rings (SSSR count). The van der Waals surface area contributed by atoms with Crippen LogP contribution in [0.2, 0.25) is 0 Å². The van der Waals surface area contributed by atoms with E-state index in [9.17, 15) is 14.4 Å². The molecule has 13 heteroatoms. The molecule has 43 heavy (non-hydrogen) atoms. The van der Waals surface area contributed by atoms with Crippen LogP contribution in [-0.2, 0) is 19.1 Å². The van der Waals surface area contributed by atoms with Crippen molar-refractivity contribution in [3.8, 4) is 23.0 Å². The summed E-state index contributed by atoms with van der Waals surface area (Å²) in [5, 5.41) is 0. The van der Waals surface area contributed by atoms with E-state index in [4.69, 9.17) is 23.7 Å². The fourth-order valence-corrected chi connectivity index (χ4v) is 5.98. The SMILES string of the molecule is CCOC(=O)C1=C(C)N=c2s/c(=C\c3cc(OC)c(OC)cc3Br)c(=O)n2[C@H]1c1ccc(OCC(=O)OC)c(OCC)c1. The van der Waals surface area contributed by atoms with Gasteiger partial charge in [0.2, 0.25) is 0 Å². The zero-order valence-corrected chi connectivity index (χ0v) is 26.9. The maximum absolute atomic E-state index is 14.0. The van der Waals surface area contributed by atoms with Crippen molar-refractivity contribution >= 4 is 45.3 Å². The second-order valence-corrected chi connectivity index (χ2v) is 10.9. The predicted octanol–water partition coefficient (Wildman–Crippen LogP) is 3.53. The Morgan fingerprint density at radius 2 is 1.72 bits per heavy atom. The fourth-order valence-electron chi connectivity index (χ4n) is 4.51. The molecule has 1 aliphatic rings. The summed E-state index contributed by atoms with van der Waals surface area (Å²) in [5.74, 6) is 0.531. The minimum Gasteiger partial charge on any atom is -0.493 e. The van der Waals surface area contributed by atoms with E-state index in [-0.39, 0.29) is 24.3 Å². The van der Waals surface area contributed by atoms with E-state index in [1.54, 1.807) is 64.3 Å². The Balaban J connectivity index is 1.92. The zero-order chi connectivity index (χ0) is 31.3. The van der Waals surface area contributed by atoms with Crippen LogP contribution in [0.1, 0.15) is 37.9 Å². The van der Waals surface area contributed by atoms with Crippen molar-refractivity contribution in [3.63, 3.8) is 0 Å². The Morgan fingerprint density at radius 1 is 1.00 bits per heavy atom. The third-order valence-corrected chi connectivity index (χ3v) is 8.13. The molecule has 11 nitrogen and oxygen atoms in total. The van der Waals surface area contributed by atoms with Gasteiger partial charge in [-0.05, 0) is 62.2 Å². The number of hydrogen-bond donors (Lipinski definition) is 0. The summed E-state index contributed by atoms with van der Waals surface area (Å²) in [6.07, 6.45) is 1.73. The van der Waals surface area contributed by atoms with E-state index in [1.165, 1.54) is 30.1 Å². The summed E-state index contributed by atoms with van der Waals surface area (Å²) in [6, 6.07) is 7.65. The van der Waals surface area contributed by atoms with E-state index in [0.717, 1.165) is 0 Å². The van der Waals surface area contributed by atoms with Crippen LogP contribution >= 0.6 is 27.3 Å². The molecular weight excluding hydrogens is 644 g/mol. The summed E-state index contributed by atoms with van der Waals surface area (Å²) in [4.78, 5) is 44.0. The molecule has 0 aliphatic carbocycles. The van der Waals surface area contributed by atoms with Crippen molar-refractivity contribution in [2.45, 2.75) is 26.8 Å². The Hall–Kier alpha value is -4.10. The second-order valence-electron chi connectivity index (χ2n) is 9.03. The van der Waals surface area contributed by atoms with Gasteiger partial charge in [0, 0.05) is 4.47 Å². The van der Waals surface area contributed by atoms with Gasteiger partial charge >= 0.3 is 11.9 Å². The molecule has 0 saturated heterocycles. The van der Waals surface area contributed by atoms with Crippen LogP contribution in [0, 0.1) is 0 Å². The Morgan fingerprint density at radius 3 is 2.37 bits per heavy atom. The zero-order valence-electron chi connectivity index (χ0n) is 24.5. The van der Waals surface area contributed by atoms with Gasteiger partial charge in [-0.2, -0.15) is 0 Å². The Bertz CT molecular complexity index is 1760. The number of fused-ring (bicyclic) bond motifs is 1. The molecule has 0 bridgehead atoms. The smallest absolute Gasteiger partial charge is 0.343 e. The summed E-state index contributed by atoms with van der Waals surface area (Å²) in [7, 11) is 4.34. The molecule has 3 aromatic rings. The van der Waals surface area contributed by atoms with E-state index in [0.29, 0.717) is 60.2 Å². The molecule has 1 aromatic heterocycles. The molecule has 1 atom stereocenters. The highest BCUT2D eigenvalue weighted by Crippen LogP contribution is 2.37. The number of methoxy groups -OCH3 is 3. The number of ether oxygens (including phenoxy) is 6. The maximum Gasteiger partial charge on any atom is 0.343 e. The number of allylic oxidation sites excluding steroid dienone is 1. The van der Waals surface area contributed by atoms with E-state index in [1.807, 2.05) is 0 Å². The quantitative estimate of drug-likeness (QED) is 0.281. The highest BCUT2D eigenvalue weighted by atomic mass is 79.9. The topological polar surface area (TPSA) is 124 Å². The third kappa shape index (κ3) is 6.62. The number of carbonyl (C=O) groups excluding carboxylic acids is 2. The van der Waals surface area contributed by atoms with Gasteiger partial charge in [-0.1, -0.05) is 33.3 Å². The number of carbonyl (C=O) groups is 2. The lowest BCUT2D eigenvalue weighted by molar-refractivity contribution is -0.143. The third-order valence-electron chi connectivity index (χ3n) is 6.46. The first kappa shape index (κ1) is 31.8. The highest BCUT2D eigenvalue weighted by molar-refractivity contribution is 9.10. The lowest BCUT2D eigenvalue weighted by Gasteiger charge is -2.25. The van der Waals surface area contributed by atoms with E-state index >= 15 is 0 Å². The number of aromatic nitrogens is 1. The monoisotopic (exact) mass is 674 g/mol. The summed E-state index contributed by atoms with van der Waals surface area (Å²) in [6.45, 7) is 5.36. The molecule has 0 N–H and O–H groups in total. The van der Waals surface area contributed by atoms with Crippen molar-refractivity contribution in [1.29, 1.82) is 0 Å². The van der Waals surface area contributed by atoms with Crippen molar-refractivity contribution in [2.75, 3.05) is 41.2 Å². The van der Waals surface area contributed by atoms with Crippen LogP contribution in [0.25, 0.3) is 6.08 Å². The van der Waals surface area contributed by atoms with Gasteiger partial charge in [-0.3, -0.25) is 9.36 Å². The standard InChI is InChI=1S/C30H31BrN2O9S/c1-7-40-23-11-17(9-10-20(23)42-15-25(34)39-6)27-26(29(36)41-8-2)16(3)32-30-33(27)28(35)24(43-30)13-18-12-21(37-4)22(38-5)14-19(18)31/h9-14,27H,7-8,15H2,1-6H3/b24-13-/t27-/m0/s1. The average Bonchev–Trinajstić information content (AvgIpc) is 3.30. The molecule has 0 radical (unpaired) electrons. The predicted molar refractivity (Wildman–Crippen MR) is 163 cm³/mol. The average molecular weight is 676 g/mol. The van der Waals surface area contributed by atoms with Crippen LogP contribution in [0.4, 0.5) is 0 Å². The van der Waals surface area contributed by atoms with Crippen molar-refractivity contribution in [1.82, 2.24) is 4.57 Å². The van der Waals surface area contributed by atoms with E-state index in [2.05, 4.69) is 25.7 Å². The van der Waals surface area contributed by atoms with Crippen molar-refractivity contribution < 1.29 is 38.0 Å². The molecule has 0 unspecified atom stereocenters. The van der Waals surface area contributed by atoms with Gasteiger partial charge in [-0.25, -0.2) is 14.6 Å². The lowest BCUT2D eigenvalue weighted by atomic mass is 9.95. The molecule has 0 amide bonds. The summed E-state index contributed by atoms with van der Waals surface area (Å²) < 4.78 is 34.8. The number of halogens is 1. The van der Waals surface area contributed by atoms with Crippen LogP contribution in [-0.4, -0.2) is 57.7 Å². The van der Waals surface area contributed by atoms with Crippen LogP contribution < -0.4 is 33.8 Å². The Kier molecular flexibility index (Phi) is 10.3. The van der Waals surface area contributed by atoms with Gasteiger partial charge in [0.15, 0.2) is 34.4 Å². The molecule has 1 aliphatic heterocycles. The van der Waals surface area contributed by atoms with Crippen molar-refractivity contribution in [2.24, 2.45) is 4.99 Å². The number of benzene rings is 2. The summed E-state index contributed by atoms with van der Waals surface area (Å²) in [5.41, 5.74) is 1.54. The number of nitrogens with zero attached hydrogens (tertiary/aromatic N) is 2. The molecular formula is C30H31BrN2O9S. The maximum atomic E-state index is 14.0. The molecule has 0 spiro atoms. The first-order valence-electron chi connectivity index (χ1n) is 13.2. The fraction of sp³-hybridized carbons (Fsp3) is 0.333. The van der Waals surface area contributed by atoms with Gasteiger partial charge in [-0.15, -0.1) is 0 Å². The largest absolute Gasteiger partial charge is 0.493 e. The van der Waals surface area contributed by atoms with Crippen molar-refractivity contribution in [3.05, 3.63) is 76.9 Å². The van der Waals surface area contributed by atoms with Crippen LogP contribution in [0.3, 0.4) is 0 Å². The number of rotatable bonds is 11. The number of hydrogen-bond acceptors (Lipinski definition) is 11. The van der Waals surface area contributed by atoms with Gasteiger partial charge in [0.25, 0.3) is 5.56 Å². The Labute approximate surface area is 260 Å². The first-order chi connectivity index (χ1) is 20.7. The molecule has 0 fully saturated rings. The minimum absolute atomic E-state index is 0.143.